The highest BCUT2D eigenvalue weighted by Gasteiger charge is 2.19. The molecule has 1 amide bonds. The summed E-state index contributed by atoms with van der Waals surface area (Å²) in [5.74, 6) is 2.07. The average Bonchev–Trinajstić information content (AvgIpc) is 3.32. The fourth-order valence-corrected chi connectivity index (χ4v) is 5.15. The predicted octanol–water partition coefficient (Wildman–Crippen LogP) is 6.66. The van der Waals surface area contributed by atoms with Crippen LogP contribution in [-0.4, -0.2) is 41.4 Å². The second-order valence-electron chi connectivity index (χ2n) is 9.59. The minimum absolute atomic E-state index is 0.130. The van der Waals surface area contributed by atoms with E-state index < -0.39 is 0 Å². The average molecular weight is 628 g/mol. The van der Waals surface area contributed by atoms with Gasteiger partial charge in [-0.1, -0.05) is 64.8 Å². The molecule has 4 aromatic rings. The lowest BCUT2D eigenvalue weighted by atomic mass is 9.96. The Kier molecular flexibility index (Phi) is 10.7. The van der Waals surface area contributed by atoms with Gasteiger partial charge in [0.25, 0.3) is 0 Å². The molecule has 40 heavy (non-hydrogen) atoms. The van der Waals surface area contributed by atoms with E-state index in [-0.39, 0.29) is 18.4 Å². The van der Waals surface area contributed by atoms with Crippen LogP contribution in [0.25, 0.3) is 5.65 Å². The number of hydrogen-bond acceptors (Lipinski definition) is 5. The molecule has 2 heterocycles. The zero-order chi connectivity index (χ0) is 28.5. The maximum Gasteiger partial charge on any atom is 0.241 e. The number of nitrogens with zero attached hydrogens (tertiary/aromatic N) is 3. The van der Waals surface area contributed by atoms with Crippen molar-refractivity contribution >= 4 is 39.1 Å². The lowest BCUT2D eigenvalue weighted by molar-refractivity contribution is -0.121. The number of carbonyl (C=O) groups excluding carboxylic acids is 1. The summed E-state index contributed by atoms with van der Waals surface area (Å²) in [4.78, 5) is 17.6. The van der Waals surface area contributed by atoms with Crippen LogP contribution in [0.5, 0.6) is 17.2 Å². The molecule has 0 spiro atoms. The van der Waals surface area contributed by atoms with Crippen LogP contribution in [0.2, 0.25) is 5.02 Å². The molecule has 0 bridgehead atoms. The number of fused-ring (bicyclic) bond motifs is 1. The minimum Gasteiger partial charge on any atom is -0.496 e. The van der Waals surface area contributed by atoms with Gasteiger partial charge in [0.1, 0.15) is 11.4 Å². The molecule has 0 fully saturated rings. The Morgan fingerprint density at radius 3 is 2.60 bits per heavy atom. The molecule has 9 heteroatoms. The van der Waals surface area contributed by atoms with E-state index in [1.807, 2.05) is 60.8 Å². The number of ether oxygens (including phenoxy) is 3. The van der Waals surface area contributed by atoms with Crippen LogP contribution in [0.15, 0.2) is 60.8 Å². The van der Waals surface area contributed by atoms with Crippen molar-refractivity contribution in [1.82, 2.24) is 14.7 Å². The Hall–Kier alpha value is -3.23. The van der Waals surface area contributed by atoms with Crippen LogP contribution in [0.3, 0.4) is 0 Å². The zero-order valence-corrected chi connectivity index (χ0v) is 25.4. The first kappa shape index (κ1) is 29.7. The number of aromatic nitrogens is 2. The summed E-state index contributed by atoms with van der Waals surface area (Å²) in [6.07, 6.45) is 4.38. The summed E-state index contributed by atoms with van der Waals surface area (Å²) in [5.41, 5.74) is 4.63. The fraction of sp³-hybridized carbons (Fsp3) is 0.355. The molecule has 0 aliphatic rings. The molecule has 2 aromatic carbocycles. The van der Waals surface area contributed by atoms with E-state index in [2.05, 4.69) is 32.6 Å². The van der Waals surface area contributed by atoms with Crippen molar-refractivity contribution in [1.29, 1.82) is 0 Å². The van der Waals surface area contributed by atoms with Crippen molar-refractivity contribution in [2.45, 2.75) is 39.2 Å². The summed E-state index contributed by atoms with van der Waals surface area (Å²) in [7, 11) is 3.26. The first-order valence-electron chi connectivity index (χ1n) is 13.3. The second kappa shape index (κ2) is 14.4. The number of halogens is 2. The Morgan fingerprint density at radius 2 is 1.82 bits per heavy atom. The number of hydrogen-bond donors (Lipinski definition) is 0. The molecule has 0 saturated heterocycles. The zero-order valence-electron chi connectivity index (χ0n) is 23.0. The number of imidazole rings is 1. The molecule has 1 atom stereocenters. The van der Waals surface area contributed by atoms with Crippen molar-refractivity contribution < 1.29 is 19.0 Å². The van der Waals surface area contributed by atoms with Gasteiger partial charge in [-0.2, -0.15) is 0 Å². The van der Waals surface area contributed by atoms with Crippen molar-refractivity contribution in [2.75, 3.05) is 26.2 Å². The van der Waals surface area contributed by atoms with E-state index in [0.717, 1.165) is 40.3 Å². The number of methoxy groups -OCH3 is 2. The highest BCUT2D eigenvalue weighted by atomic mass is 79.9. The lowest BCUT2D eigenvalue weighted by Gasteiger charge is -2.17. The molecule has 0 aliphatic carbocycles. The van der Waals surface area contributed by atoms with Crippen LogP contribution < -0.4 is 19.5 Å². The van der Waals surface area contributed by atoms with Gasteiger partial charge in [-0.25, -0.2) is 10.3 Å². The normalized spacial score (nSPS) is 11.8. The first-order valence-corrected chi connectivity index (χ1v) is 14.8. The number of rotatable bonds is 14. The van der Waals surface area contributed by atoms with Gasteiger partial charge in [-0.15, -0.1) is 0 Å². The lowest BCUT2D eigenvalue weighted by Crippen LogP contribution is -2.17. The van der Waals surface area contributed by atoms with E-state index in [1.54, 1.807) is 14.2 Å². The topological polar surface area (TPSA) is 76.2 Å². The molecule has 1 radical (unpaired) electrons. The summed E-state index contributed by atoms with van der Waals surface area (Å²) in [6, 6.07) is 17.6. The number of para-hydroxylation sites is 1. The van der Waals surface area contributed by atoms with Crippen LogP contribution in [0, 0.1) is 5.92 Å². The molecule has 0 aliphatic heterocycles. The number of benzene rings is 2. The highest BCUT2D eigenvalue weighted by molar-refractivity contribution is 9.09. The summed E-state index contributed by atoms with van der Waals surface area (Å²) >= 11 is 10.0. The van der Waals surface area contributed by atoms with Gasteiger partial charge in [0.15, 0.2) is 11.5 Å². The van der Waals surface area contributed by atoms with Crippen LogP contribution >= 0.6 is 27.5 Å². The van der Waals surface area contributed by atoms with E-state index in [9.17, 15) is 4.79 Å². The van der Waals surface area contributed by atoms with Gasteiger partial charge in [0.05, 0.1) is 43.8 Å². The number of carbonyl (C=O) groups is 1. The fourth-order valence-electron chi connectivity index (χ4n) is 4.70. The molecule has 7 nitrogen and oxygen atoms in total. The Balaban J connectivity index is 1.38. The highest BCUT2D eigenvalue weighted by Crippen LogP contribution is 2.38. The van der Waals surface area contributed by atoms with Crippen LogP contribution in [0.1, 0.15) is 42.3 Å². The molecule has 0 N–H and O–H groups in total. The minimum atomic E-state index is -0.130. The van der Waals surface area contributed by atoms with Gasteiger partial charge in [0.2, 0.25) is 5.91 Å². The van der Waals surface area contributed by atoms with Crippen molar-refractivity contribution in [3.8, 4) is 17.2 Å². The smallest absolute Gasteiger partial charge is 0.241 e. The summed E-state index contributed by atoms with van der Waals surface area (Å²) in [5, 5.41) is 5.63. The Bertz CT molecular complexity index is 1440. The van der Waals surface area contributed by atoms with E-state index in [0.29, 0.717) is 47.7 Å². The first-order chi connectivity index (χ1) is 19.4. The Morgan fingerprint density at radius 1 is 1.05 bits per heavy atom. The van der Waals surface area contributed by atoms with Crippen molar-refractivity contribution in [2.24, 2.45) is 5.92 Å². The molecule has 4 rings (SSSR count). The summed E-state index contributed by atoms with van der Waals surface area (Å²) in [6.45, 7) is 2.83. The maximum absolute atomic E-state index is 12.8. The Labute approximate surface area is 248 Å². The van der Waals surface area contributed by atoms with Gasteiger partial charge in [-0.05, 0) is 48.6 Å². The van der Waals surface area contributed by atoms with Crippen molar-refractivity contribution in [3.05, 3.63) is 88.3 Å². The molecule has 1 unspecified atom stereocenters. The number of pyridine rings is 1. The van der Waals surface area contributed by atoms with Crippen LogP contribution in [0.4, 0.5) is 0 Å². The molecule has 2 aromatic heterocycles. The van der Waals surface area contributed by atoms with Crippen molar-refractivity contribution in [3.63, 3.8) is 0 Å². The quantitative estimate of drug-likeness (QED) is 0.146. The van der Waals surface area contributed by atoms with Gasteiger partial charge < -0.3 is 18.6 Å². The maximum atomic E-state index is 12.8. The van der Waals surface area contributed by atoms with E-state index in [1.165, 1.54) is 0 Å². The second-order valence-corrected chi connectivity index (χ2v) is 10.8. The van der Waals surface area contributed by atoms with Gasteiger partial charge in [0, 0.05) is 29.9 Å². The van der Waals surface area contributed by atoms with Gasteiger partial charge >= 0.3 is 0 Å². The molecular weight excluding hydrogens is 594 g/mol. The van der Waals surface area contributed by atoms with E-state index in [4.69, 9.17) is 30.8 Å². The third-order valence-electron chi connectivity index (χ3n) is 6.77. The predicted molar refractivity (Wildman–Crippen MR) is 161 cm³/mol. The van der Waals surface area contributed by atoms with E-state index >= 15 is 0 Å². The third-order valence-corrected chi connectivity index (χ3v) is 7.51. The number of alkyl halides is 1. The molecule has 0 saturated carbocycles. The standard InChI is InChI=1S/C31H34BrClN3O4/c1-21(18-23-12-13-27(39-3)31(30(23)33)40-17-15-32)11-14-29(37)34-20-24-25(36-16-7-6-10-28(36)35-24)19-22-8-4-5-9-26(22)38-2/h4-10,12-13,16,21H,11,14-15,17-20H2,1-3H3. The SMILES string of the molecule is COc1ccccc1Cc1c(C[N]C(=O)CCC(C)Cc2ccc(OC)c(OCCBr)c2Cl)nc2ccccn12. The largest absolute Gasteiger partial charge is 0.496 e. The van der Waals surface area contributed by atoms with Gasteiger partial charge in [-0.3, -0.25) is 4.79 Å². The molecule has 211 valence electrons. The number of amides is 1. The summed E-state index contributed by atoms with van der Waals surface area (Å²) < 4.78 is 18.8. The third kappa shape index (κ3) is 7.29. The van der Waals surface area contributed by atoms with Crippen LogP contribution in [-0.2, 0) is 24.2 Å². The monoisotopic (exact) mass is 626 g/mol. The molecular formula is C31H34BrClN3O4.